The van der Waals surface area contributed by atoms with Crippen molar-refractivity contribution in [3.63, 3.8) is 0 Å². The van der Waals surface area contributed by atoms with Crippen molar-refractivity contribution in [1.82, 2.24) is 0 Å². The second kappa shape index (κ2) is 4.74. The Morgan fingerprint density at radius 1 is 1.44 bits per heavy atom. The Morgan fingerprint density at radius 3 is 2.88 bits per heavy atom. The van der Waals surface area contributed by atoms with Crippen LogP contribution in [-0.4, -0.2) is 18.8 Å². The van der Waals surface area contributed by atoms with E-state index in [0.29, 0.717) is 12.7 Å². The van der Waals surface area contributed by atoms with Crippen molar-refractivity contribution in [2.45, 2.75) is 38.9 Å². The van der Waals surface area contributed by atoms with Gasteiger partial charge in [-0.25, -0.2) is 0 Å². The first kappa shape index (κ1) is 11.3. The number of rotatable bonds is 3. The van der Waals surface area contributed by atoms with Gasteiger partial charge in [0.2, 0.25) is 0 Å². The van der Waals surface area contributed by atoms with Crippen molar-refractivity contribution in [3.8, 4) is 5.75 Å². The van der Waals surface area contributed by atoms with E-state index in [1.165, 1.54) is 0 Å². The highest BCUT2D eigenvalue weighted by Gasteiger charge is 2.22. The predicted octanol–water partition coefficient (Wildman–Crippen LogP) is 2.52. The van der Waals surface area contributed by atoms with Crippen LogP contribution in [0.25, 0.3) is 0 Å². The van der Waals surface area contributed by atoms with Crippen molar-refractivity contribution in [3.05, 3.63) is 23.8 Å². The van der Waals surface area contributed by atoms with Gasteiger partial charge in [-0.2, -0.15) is 0 Å². The number of aryl methyl sites for hydroxylation is 1. The van der Waals surface area contributed by atoms with E-state index in [-0.39, 0.29) is 6.10 Å². The summed E-state index contributed by atoms with van der Waals surface area (Å²) in [6.07, 6.45) is 2.85. The molecule has 2 N–H and O–H groups in total. The minimum absolute atomic E-state index is 0.243. The highest BCUT2D eigenvalue weighted by molar-refractivity contribution is 5.49. The van der Waals surface area contributed by atoms with E-state index in [0.717, 1.165) is 29.8 Å². The van der Waals surface area contributed by atoms with Gasteiger partial charge < -0.3 is 15.2 Å². The lowest BCUT2D eigenvalue weighted by atomic mass is 10.2. The maximum Gasteiger partial charge on any atom is 0.119 e. The van der Waals surface area contributed by atoms with Crippen molar-refractivity contribution in [1.29, 1.82) is 0 Å². The summed E-state index contributed by atoms with van der Waals surface area (Å²) in [5, 5.41) is 0. The normalized spacial score (nSPS) is 24.6. The van der Waals surface area contributed by atoms with E-state index in [1.807, 2.05) is 25.1 Å². The molecule has 1 aliphatic rings. The molecular weight excluding hydrogens is 202 g/mol. The van der Waals surface area contributed by atoms with Crippen LogP contribution in [0.5, 0.6) is 5.75 Å². The monoisotopic (exact) mass is 221 g/mol. The molecule has 1 aromatic rings. The molecular formula is C13H19NO2. The average molecular weight is 221 g/mol. The molecule has 1 aliphatic heterocycles. The highest BCUT2D eigenvalue weighted by Crippen LogP contribution is 2.22. The van der Waals surface area contributed by atoms with E-state index in [9.17, 15) is 0 Å². The molecule has 3 nitrogen and oxygen atoms in total. The molecule has 1 heterocycles. The van der Waals surface area contributed by atoms with Gasteiger partial charge >= 0.3 is 0 Å². The molecule has 88 valence electrons. The van der Waals surface area contributed by atoms with Gasteiger partial charge in [0.05, 0.1) is 12.2 Å². The van der Waals surface area contributed by atoms with Gasteiger partial charge in [-0.15, -0.1) is 0 Å². The molecule has 0 amide bonds. The largest absolute Gasteiger partial charge is 0.491 e. The van der Waals surface area contributed by atoms with E-state index >= 15 is 0 Å². The third-order valence-electron chi connectivity index (χ3n) is 3.00. The molecule has 0 aromatic heterocycles. The average Bonchev–Trinajstić information content (AvgIpc) is 2.66. The van der Waals surface area contributed by atoms with E-state index in [4.69, 9.17) is 15.2 Å². The number of hydrogen-bond acceptors (Lipinski definition) is 3. The second-order valence-electron chi connectivity index (χ2n) is 4.48. The summed E-state index contributed by atoms with van der Waals surface area (Å²) in [6, 6.07) is 5.75. The molecule has 1 saturated heterocycles. The van der Waals surface area contributed by atoms with Crippen LogP contribution in [0.3, 0.4) is 0 Å². The van der Waals surface area contributed by atoms with Crippen LogP contribution in [0, 0.1) is 6.92 Å². The molecule has 1 fully saturated rings. The van der Waals surface area contributed by atoms with Crippen LogP contribution in [-0.2, 0) is 4.74 Å². The van der Waals surface area contributed by atoms with Crippen molar-refractivity contribution < 1.29 is 9.47 Å². The van der Waals surface area contributed by atoms with Gasteiger partial charge in [0.25, 0.3) is 0 Å². The van der Waals surface area contributed by atoms with Crippen LogP contribution >= 0.6 is 0 Å². The van der Waals surface area contributed by atoms with Crippen LogP contribution in [0.15, 0.2) is 18.2 Å². The minimum Gasteiger partial charge on any atom is -0.491 e. The molecule has 0 bridgehead atoms. The van der Waals surface area contributed by atoms with Gasteiger partial charge in [-0.3, -0.25) is 0 Å². The quantitative estimate of drug-likeness (QED) is 0.798. The third-order valence-corrected chi connectivity index (χ3v) is 3.00. The first-order chi connectivity index (χ1) is 7.65. The van der Waals surface area contributed by atoms with Crippen molar-refractivity contribution in [2.24, 2.45) is 0 Å². The lowest BCUT2D eigenvalue weighted by Crippen LogP contribution is -2.17. The fourth-order valence-corrected chi connectivity index (χ4v) is 1.93. The lowest BCUT2D eigenvalue weighted by Gasteiger charge is -2.13. The van der Waals surface area contributed by atoms with Crippen LogP contribution in [0.1, 0.15) is 25.3 Å². The number of ether oxygens (including phenoxy) is 2. The maximum atomic E-state index is 5.74. The Morgan fingerprint density at radius 2 is 2.25 bits per heavy atom. The molecule has 2 unspecified atom stereocenters. The van der Waals surface area contributed by atoms with Crippen LogP contribution < -0.4 is 10.5 Å². The Hall–Kier alpha value is -1.22. The summed E-state index contributed by atoms with van der Waals surface area (Å²) in [4.78, 5) is 0. The number of nitrogens with two attached hydrogens (primary N) is 1. The molecule has 0 saturated carbocycles. The minimum atomic E-state index is 0.243. The zero-order valence-corrected chi connectivity index (χ0v) is 9.90. The molecule has 2 rings (SSSR count). The summed E-state index contributed by atoms with van der Waals surface area (Å²) in [6.45, 7) is 4.72. The Kier molecular flexibility index (Phi) is 3.34. The molecule has 0 radical (unpaired) electrons. The first-order valence-electron chi connectivity index (χ1n) is 5.79. The maximum absolute atomic E-state index is 5.74. The molecule has 0 aliphatic carbocycles. The van der Waals surface area contributed by atoms with Crippen LogP contribution in [0.2, 0.25) is 0 Å². The number of hydrogen-bond donors (Lipinski definition) is 1. The fourth-order valence-electron chi connectivity index (χ4n) is 1.93. The second-order valence-corrected chi connectivity index (χ2v) is 4.48. The molecule has 0 spiro atoms. The third kappa shape index (κ3) is 2.67. The number of nitrogen functional groups attached to an aromatic ring is 1. The molecule has 2 atom stereocenters. The first-order valence-corrected chi connectivity index (χ1v) is 5.79. The SMILES string of the molecule is Cc1cc(OCC2CCC(C)O2)ccc1N. The zero-order chi connectivity index (χ0) is 11.5. The standard InChI is InChI=1S/C13H19NO2/c1-9-7-11(5-6-13(9)14)15-8-12-4-3-10(2)16-12/h5-7,10,12H,3-4,8,14H2,1-2H3. The summed E-state index contributed by atoms with van der Waals surface area (Å²) in [7, 11) is 0. The van der Waals surface area contributed by atoms with Gasteiger partial charge in [-0.1, -0.05) is 0 Å². The Balaban J connectivity index is 1.87. The Labute approximate surface area is 96.5 Å². The highest BCUT2D eigenvalue weighted by atomic mass is 16.5. The zero-order valence-electron chi connectivity index (χ0n) is 9.90. The van der Waals surface area contributed by atoms with Gasteiger partial charge in [0.1, 0.15) is 12.4 Å². The summed E-state index contributed by atoms with van der Waals surface area (Å²) >= 11 is 0. The fraction of sp³-hybridized carbons (Fsp3) is 0.538. The lowest BCUT2D eigenvalue weighted by molar-refractivity contribution is 0.0264. The number of benzene rings is 1. The van der Waals surface area contributed by atoms with Crippen molar-refractivity contribution in [2.75, 3.05) is 12.3 Å². The molecule has 3 heteroatoms. The van der Waals surface area contributed by atoms with Gasteiger partial charge in [0.15, 0.2) is 0 Å². The van der Waals surface area contributed by atoms with E-state index in [2.05, 4.69) is 6.92 Å². The van der Waals surface area contributed by atoms with Crippen LogP contribution in [0.4, 0.5) is 5.69 Å². The Bertz CT molecular complexity index is 365. The summed E-state index contributed by atoms with van der Waals surface area (Å²) < 4.78 is 11.4. The summed E-state index contributed by atoms with van der Waals surface area (Å²) in [5.74, 6) is 0.870. The van der Waals surface area contributed by atoms with Crippen molar-refractivity contribution >= 4 is 5.69 Å². The predicted molar refractivity (Wildman–Crippen MR) is 64.7 cm³/mol. The summed E-state index contributed by atoms with van der Waals surface area (Å²) in [5.41, 5.74) is 7.60. The topological polar surface area (TPSA) is 44.5 Å². The smallest absolute Gasteiger partial charge is 0.119 e. The van der Waals surface area contributed by atoms with Gasteiger partial charge in [0, 0.05) is 5.69 Å². The molecule has 1 aromatic carbocycles. The van der Waals surface area contributed by atoms with E-state index in [1.54, 1.807) is 0 Å². The van der Waals surface area contributed by atoms with Gasteiger partial charge in [-0.05, 0) is 50.5 Å². The van der Waals surface area contributed by atoms with E-state index < -0.39 is 0 Å². The number of anilines is 1. The molecule has 16 heavy (non-hydrogen) atoms.